The maximum Gasteiger partial charge on any atom is 0.255 e. The minimum Gasteiger partial charge on any atom is -0.289 e. The first-order chi connectivity index (χ1) is 15.0. The Bertz CT molecular complexity index is 1100. The van der Waals surface area contributed by atoms with Crippen LogP contribution in [0.2, 0.25) is 5.02 Å². The number of carbonyl (C=O) groups is 3. The lowest BCUT2D eigenvalue weighted by Crippen LogP contribution is -2.33. The maximum absolute atomic E-state index is 13.3. The van der Waals surface area contributed by atoms with Gasteiger partial charge in [-0.25, -0.2) is 5.43 Å². The smallest absolute Gasteiger partial charge is 0.255 e. The van der Waals surface area contributed by atoms with Gasteiger partial charge in [0.2, 0.25) is 5.91 Å². The molecule has 0 atom stereocenters. The molecule has 2 aromatic carbocycles. The SMILES string of the molecule is [2H]c1c([2H])c([2H])c(C(=O)c2cc(Cl)ccc2N(/C=N/NC(=O)CCl)C(=O)CCl)c([2H])c1[2H]. The van der Waals surface area contributed by atoms with E-state index in [4.69, 9.17) is 41.7 Å². The third-order valence-corrected chi connectivity index (χ3v) is 3.76. The Hall–Kier alpha value is -2.41. The molecule has 2 rings (SSSR count). The molecular formula is C18H14Cl3N3O3. The molecule has 2 amide bonds. The van der Waals surface area contributed by atoms with Crippen LogP contribution in [-0.4, -0.2) is 35.7 Å². The number of ketones is 1. The molecule has 27 heavy (non-hydrogen) atoms. The first-order valence-electron chi connectivity index (χ1n) is 9.72. The van der Waals surface area contributed by atoms with Gasteiger partial charge in [0, 0.05) is 16.1 Å². The first kappa shape index (κ1) is 14.6. The van der Waals surface area contributed by atoms with E-state index in [2.05, 4.69) is 10.5 Å². The minimum atomic E-state index is -0.981. The Kier molecular flexibility index (Phi) is 5.45. The molecule has 0 heterocycles. The fraction of sp³-hybridized carbons (Fsp3) is 0.111. The van der Waals surface area contributed by atoms with E-state index >= 15 is 0 Å². The second kappa shape index (κ2) is 10.1. The van der Waals surface area contributed by atoms with Crippen molar-refractivity contribution in [3.05, 3.63) is 64.6 Å². The summed E-state index contributed by atoms with van der Waals surface area (Å²) in [5.74, 6) is -3.30. The van der Waals surface area contributed by atoms with Crippen molar-refractivity contribution in [1.29, 1.82) is 0 Å². The van der Waals surface area contributed by atoms with Gasteiger partial charge in [0.05, 0.1) is 12.5 Å². The number of amides is 2. The molecule has 0 spiro atoms. The highest BCUT2D eigenvalue weighted by Gasteiger charge is 2.21. The van der Waals surface area contributed by atoms with Gasteiger partial charge < -0.3 is 0 Å². The van der Waals surface area contributed by atoms with E-state index < -0.39 is 59.3 Å². The van der Waals surface area contributed by atoms with Crippen LogP contribution in [0.25, 0.3) is 0 Å². The maximum atomic E-state index is 13.3. The van der Waals surface area contributed by atoms with Crippen molar-refractivity contribution in [3.63, 3.8) is 0 Å². The number of hydrogen-bond donors (Lipinski definition) is 1. The van der Waals surface area contributed by atoms with Gasteiger partial charge in [0.15, 0.2) is 5.78 Å². The number of anilines is 1. The zero-order chi connectivity index (χ0) is 24.2. The number of hydrogen-bond acceptors (Lipinski definition) is 4. The fourth-order valence-electron chi connectivity index (χ4n) is 1.91. The molecule has 0 radical (unpaired) electrons. The van der Waals surface area contributed by atoms with E-state index in [0.717, 1.165) is 11.2 Å². The van der Waals surface area contributed by atoms with Crippen molar-refractivity contribution in [2.75, 3.05) is 16.7 Å². The van der Waals surface area contributed by atoms with Crippen LogP contribution in [0.3, 0.4) is 0 Å². The van der Waals surface area contributed by atoms with Crippen LogP contribution in [0.15, 0.2) is 53.5 Å². The molecule has 0 aliphatic rings. The van der Waals surface area contributed by atoms with Gasteiger partial charge in [-0.3, -0.25) is 19.3 Å². The Morgan fingerprint density at radius 1 is 1.15 bits per heavy atom. The number of benzene rings is 2. The van der Waals surface area contributed by atoms with Gasteiger partial charge in [-0.15, -0.1) is 23.2 Å². The van der Waals surface area contributed by atoms with Gasteiger partial charge in [-0.2, -0.15) is 5.10 Å². The second-order valence-electron chi connectivity index (χ2n) is 4.80. The Morgan fingerprint density at radius 3 is 2.48 bits per heavy atom. The van der Waals surface area contributed by atoms with Gasteiger partial charge in [-0.1, -0.05) is 41.8 Å². The largest absolute Gasteiger partial charge is 0.289 e. The Morgan fingerprint density at radius 2 is 1.85 bits per heavy atom. The molecule has 1 N–H and O–H groups in total. The summed E-state index contributed by atoms with van der Waals surface area (Å²) in [5.41, 5.74) is 1.10. The normalized spacial score (nSPS) is 13.2. The topological polar surface area (TPSA) is 78.8 Å². The van der Waals surface area contributed by atoms with Crippen molar-refractivity contribution in [1.82, 2.24) is 5.43 Å². The molecule has 0 aromatic heterocycles. The molecule has 0 saturated carbocycles. The fourth-order valence-corrected chi connectivity index (χ4v) is 2.27. The molecule has 140 valence electrons. The summed E-state index contributed by atoms with van der Waals surface area (Å²) in [6, 6.07) is 0.313. The van der Waals surface area contributed by atoms with Gasteiger partial charge >= 0.3 is 0 Å². The summed E-state index contributed by atoms with van der Waals surface area (Å²) in [6.07, 6.45) is 0.886. The van der Waals surface area contributed by atoms with Gasteiger partial charge in [-0.05, 0) is 18.2 Å². The highest BCUT2D eigenvalue weighted by atomic mass is 35.5. The Balaban J connectivity index is 2.69. The lowest BCUT2D eigenvalue weighted by molar-refractivity contribution is -0.119. The predicted octanol–water partition coefficient (Wildman–Crippen LogP) is 3.44. The number of hydrazone groups is 1. The predicted molar refractivity (Wildman–Crippen MR) is 107 cm³/mol. The number of rotatable bonds is 7. The molecule has 0 aliphatic heterocycles. The third-order valence-electron chi connectivity index (χ3n) is 3.06. The average Bonchev–Trinajstić information content (AvgIpc) is 2.78. The van der Waals surface area contributed by atoms with E-state index in [1.165, 1.54) is 18.2 Å². The molecule has 0 fully saturated rings. The Labute approximate surface area is 177 Å². The minimum absolute atomic E-state index is 0.0788. The zero-order valence-electron chi connectivity index (χ0n) is 18.5. The van der Waals surface area contributed by atoms with Crippen LogP contribution in [0.4, 0.5) is 5.69 Å². The summed E-state index contributed by atoms with van der Waals surface area (Å²) in [6.45, 7) is 0. The van der Waals surface area contributed by atoms with Crippen LogP contribution in [0.1, 0.15) is 22.8 Å². The van der Waals surface area contributed by atoms with Crippen molar-refractivity contribution in [2.24, 2.45) is 5.10 Å². The number of nitrogens with one attached hydrogen (secondary N) is 1. The summed E-state index contributed by atoms with van der Waals surface area (Å²) in [4.78, 5) is 37.8. The second-order valence-corrected chi connectivity index (χ2v) is 5.77. The van der Waals surface area contributed by atoms with E-state index in [0.29, 0.717) is 0 Å². The lowest BCUT2D eigenvalue weighted by atomic mass is 10.0. The molecule has 0 saturated heterocycles. The molecule has 0 bridgehead atoms. The summed E-state index contributed by atoms with van der Waals surface area (Å²) in [7, 11) is 0. The summed E-state index contributed by atoms with van der Waals surface area (Å²) >= 11 is 17.0. The zero-order valence-corrected chi connectivity index (χ0v) is 15.7. The van der Waals surface area contributed by atoms with Crippen LogP contribution < -0.4 is 10.3 Å². The van der Waals surface area contributed by atoms with Crippen LogP contribution in [-0.2, 0) is 9.59 Å². The number of nitrogens with zero attached hydrogens (tertiary/aromatic N) is 2. The van der Waals surface area contributed by atoms with Crippen molar-refractivity contribution in [3.8, 4) is 0 Å². The van der Waals surface area contributed by atoms with Crippen LogP contribution in [0.5, 0.6) is 0 Å². The number of carbonyl (C=O) groups excluding carboxylic acids is 3. The van der Waals surface area contributed by atoms with Crippen molar-refractivity contribution >= 4 is 64.4 Å². The molecule has 0 aliphatic carbocycles. The molecule has 6 nitrogen and oxygen atoms in total. The number of alkyl halides is 2. The van der Waals surface area contributed by atoms with E-state index in [1.54, 1.807) is 0 Å². The standard InChI is InChI=1S/C18H14Cl3N3O3/c19-9-16(25)23-22-11-24(17(26)10-20)15-7-6-13(21)8-14(15)18(27)12-4-2-1-3-5-12/h1-8,11H,9-10H2,(H,23,25)/b22-11+/i1D,2D,3D,4D,5D. The molecule has 9 heteroatoms. The van der Waals surface area contributed by atoms with Crippen molar-refractivity contribution < 1.29 is 21.2 Å². The van der Waals surface area contributed by atoms with E-state index in [-0.39, 0.29) is 22.2 Å². The highest BCUT2D eigenvalue weighted by molar-refractivity contribution is 6.33. The molecule has 0 unspecified atom stereocenters. The van der Waals surface area contributed by atoms with Crippen LogP contribution in [0, 0.1) is 0 Å². The summed E-state index contributed by atoms with van der Waals surface area (Å²) in [5, 5.41) is 3.67. The third kappa shape index (κ3) is 5.53. The highest BCUT2D eigenvalue weighted by Crippen LogP contribution is 2.26. The van der Waals surface area contributed by atoms with E-state index in [1.807, 2.05) is 0 Å². The van der Waals surface area contributed by atoms with Gasteiger partial charge in [0.25, 0.3) is 5.91 Å². The van der Waals surface area contributed by atoms with Crippen molar-refractivity contribution in [2.45, 2.75) is 0 Å². The summed E-state index contributed by atoms with van der Waals surface area (Å²) < 4.78 is 39.3. The lowest BCUT2D eigenvalue weighted by Gasteiger charge is -2.20. The first-order valence-corrected chi connectivity index (χ1v) is 8.67. The average molecular weight is 432 g/mol. The monoisotopic (exact) mass is 430 g/mol. The van der Waals surface area contributed by atoms with E-state index in [9.17, 15) is 14.4 Å². The van der Waals surface area contributed by atoms with Crippen LogP contribution >= 0.6 is 34.8 Å². The quantitative estimate of drug-likeness (QED) is 0.240. The molecular weight excluding hydrogens is 413 g/mol. The molecule has 2 aromatic rings. The van der Waals surface area contributed by atoms with Gasteiger partial charge in [0.1, 0.15) is 18.1 Å². The number of halogens is 3.